The first-order valence-electron chi connectivity index (χ1n) is 7.40. The number of amides is 1. The molecule has 0 bridgehead atoms. The summed E-state index contributed by atoms with van der Waals surface area (Å²) in [5.74, 6) is 0.217. The summed E-state index contributed by atoms with van der Waals surface area (Å²) in [7, 11) is 2.02. The van der Waals surface area contributed by atoms with Crippen molar-refractivity contribution in [1.29, 1.82) is 0 Å². The molecule has 1 heterocycles. The average molecular weight is 348 g/mol. The highest BCUT2D eigenvalue weighted by Crippen LogP contribution is 2.22. The van der Waals surface area contributed by atoms with E-state index in [4.69, 9.17) is 0 Å². The van der Waals surface area contributed by atoms with Crippen molar-refractivity contribution in [3.05, 3.63) is 35.9 Å². The highest BCUT2D eigenvalue weighted by molar-refractivity contribution is 5.85. The molecule has 6 heteroatoms. The Balaban J connectivity index is 0.00000220. The number of rotatable bonds is 4. The van der Waals surface area contributed by atoms with Crippen molar-refractivity contribution in [3.63, 3.8) is 0 Å². The van der Waals surface area contributed by atoms with Crippen LogP contribution in [-0.4, -0.2) is 55.0 Å². The van der Waals surface area contributed by atoms with E-state index in [0.717, 1.165) is 31.7 Å². The lowest BCUT2D eigenvalue weighted by Crippen LogP contribution is -2.54. The summed E-state index contributed by atoms with van der Waals surface area (Å²) in [6, 6.07) is 10.3. The van der Waals surface area contributed by atoms with Gasteiger partial charge in [-0.15, -0.1) is 24.8 Å². The predicted octanol–water partition coefficient (Wildman–Crippen LogP) is 2.34. The molecule has 1 aliphatic heterocycles. The molecule has 0 aliphatic carbocycles. The van der Waals surface area contributed by atoms with E-state index in [-0.39, 0.29) is 36.8 Å². The third kappa shape index (κ3) is 5.13. The van der Waals surface area contributed by atoms with Crippen molar-refractivity contribution >= 4 is 30.7 Å². The van der Waals surface area contributed by atoms with Crippen LogP contribution in [0.5, 0.6) is 0 Å². The highest BCUT2D eigenvalue weighted by Gasteiger charge is 2.30. The van der Waals surface area contributed by atoms with Crippen LogP contribution in [0.4, 0.5) is 0 Å². The van der Waals surface area contributed by atoms with E-state index in [9.17, 15) is 4.79 Å². The first-order valence-corrected chi connectivity index (χ1v) is 7.40. The zero-order valence-electron chi connectivity index (χ0n) is 13.5. The molecule has 0 radical (unpaired) electrons. The normalized spacial score (nSPS) is 19.1. The van der Waals surface area contributed by atoms with Gasteiger partial charge in [-0.3, -0.25) is 9.69 Å². The van der Waals surface area contributed by atoms with Crippen molar-refractivity contribution in [3.8, 4) is 0 Å². The molecule has 1 saturated heterocycles. The van der Waals surface area contributed by atoms with Gasteiger partial charge < -0.3 is 10.2 Å². The smallest absolute Gasteiger partial charge is 0.244 e. The van der Waals surface area contributed by atoms with E-state index in [0.29, 0.717) is 6.04 Å². The topological polar surface area (TPSA) is 35.6 Å². The van der Waals surface area contributed by atoms with Gasteiger partial charge in [-0.05, 0) is 26.1 Å². The van der Waals surface area contributed by atoms with E-state index in [1.54, 1.807) is 0 Å². The fourth-order valence-electron chi connectivity index (χ4n) is 2.71. The Hall–Kier alpha value is -0.810. The summed E-state index contributed by atoms with van der Waals surface area (Å²) >= 11 is 0. The number of likely N-dealkylation sites (N-methyl/N-ethyl adjacent to an activating group) is 1. The van der Waals surface area contributed by atoms with Gasteiger partial charge >= 0.3 is 0 Å². The van der Waals surface area contributed by atoms with Crippen LogP contribution in [0.3, 0.4) is 0 Å². The molecule has 2 rings (SSSR count). The van der Waals surface area contributed by atoms with Gasteiger partial charge in [0.2, 0.25) is 5.91 Å². The molecule has 1 amide bonds. The van der Waals surface area contributed by atoms with Gasteiger partial charge in [0.1, 0.15) is 6.04 Å². The molecule has 4 nitrogen and oxygen atoms in total. The third-order valence-corrected chi connectivity index (χ3v) is 3.97. The van der Waals surface area contributed by atoms with Crippen molar-refractivity contribution in [1.82, 2.24) is 15.1 Å². The van der Waals surface area contributed by atoms with Crippen LogP contribution in [0.25, 0.3) is 0 Å². The molecule has 1 aliphatic rings. The second-order valence-electron chi connectivity index (χ2n) is 5.53. The predicted molar refractivity (Wildman–Crippen MR) is 96.0 cm³/mol. The van der Waals surface area contributed by atoms with Gasteiger partial charge in [0.15, 0.2) is 0 Å². The van der Waals surface area contributed by atoms with E-state index in [2.05, 4.69) is 24.1 Å². The minimum absolute atomic E-state index is 0. The fraction of sp³-hybridized carbons (Fsp3) is 0.562. The Morgan fingerprint density at radius 2 is 2.00 bits per heavy atom. The Bertz CT molecular complexity index is 444. The molecular formula is C16H27Cl2N3O. The Labute approximate surface area is 146 Å². The van der Waals surface area contributed by atoms with Crippen LogP contribution in [-0.2, 0) is 4.79 Å². The average Bonchev–Trinajstić information content (AvgIpc) is 2.48. The Morgan fingerprint density at radius 3 is 2.55 bits per heavy atom. The van der Waals surface area contributed by atoms with Crippen LogP contribution in [0, 0.1) is 0 Å². The first kappa shape index (κ1) is 21.2. The SMILES string of the molecule is CCN(C)C(C(=O)N1CCNC(C)C1)c1ccccc1.Cl.Cl. The fourth-order valence-corrected chi connectivity index (χ4v) is 2.71. The lowest BCUT2D eigenvalue weighted by atomic mass is 10.0. The number of halogens is 2. The zero-order chi connectivity index (χ0) is 14.5. The first-order chi connectivity index (χ1) is 9.63. The molecule has 126 valence electrons. The van der Waals surface area contributed by atoms with E-state index < -0.39 is 0 Å². The minimum Gasteiger partial charge on any atom is -0.338 e. The van der Waals surface area contributed by atoms with Crippen LogP contribution in [0.1, 0.15) is 25.5 Å². The molecule has 0 saturated carbocycles. The molecule has 22 heavy (non-hydrogen) atoms. The number of carbonyl (C=O) groups is 1. The Kier molecular flexibility index (Phi) is 9.69. The van der Waals surface area contributed by atoms with Gasteiger partial charge in [-0.1, -0.05) is 37.3 Å². The van der Waals surface area contributed by atoms with Crippen molar-refractivity contribution in [2.45, 2.75) is 25.9 Å². The third-order valence-electron chi connectivity index (χ3n) is 3.97. The van der Waals surface area contributed by atoms with Gasteiger partial charge in [0.25, 0.3) is 0 Å². The van der Waals surface area contributed by atoms with Crippen LogP contribution < -0.4 is 5.32 Å². The molecule has 1 aromatic rings. The lowest BCUT2D eigenvalue weighted by Gasteiger charge is -2.36. The van der Waals surface area contributed by atoms with Gasteiger partial charge in [-0.25, -0.2) is 0 Å². The molecule has 0 aromatic heterocycles. The summed E-state index contributed by atoms with van der Waals surface area (Å²) in [6.45, 7) is 7.53. The van der Waals surface area contributed by atoms with Gasteiger partial charge in [0, 0.05) is 25.7 Å². The maximum absolute atomic E-state index is 12.9. The molecule has 1 fully saturated rings. The van der Waals surface area contributed by atoms with Gasteiger partial charge in [-0.2, -0.15) is 0 Å². The summed E-state index contributed by atoms with van der Waals surface area (Å²) < 4.78 is 0. The number of nitrogens with one attached hydrogen (secondary N) is 1. The number of nitrogens with zero attached hydrogens (tertiary/aromatic N) is 2. The summed E-state index contributed by atoms with van der Waals surface area (Å²) in [4.78, 5) is 17.0. The van der Waals surface area contributed by atoms with Crippen LogP contribution in [0.15, 0.2) is 30.3 Å². The van der Waals surface area contributed by atoms with E-state index >= 15 is 0 Å². The highest BCUT2D eigenvalue weighted by atomic mass is 35.5. The maximum atomic E-state index is 12.9. The lowest BCUT2D eigenvalue weighted by molar-refractivity contribution is -0.138. The number of carbonyl (C=O) groups excluding carboxylic acids is 1. The van der Waals surface area contributed by atoms with Crippen molar-refractivity contribution < 1.29 is 4.79 Å². The second-order valence-corrected chi connectivity index (χ2v) is 5.53. The Morgan fingerprint density at radius 1 is 1.36 bits per heavy atom. The molecule has 2 atom stereocenters. The van der Waals surface area contributed by atoms with Crippen LogP contribution in [0.2, 0.25) is 0 Å². The summed E-state index contributed by atoms with van der Waals surface area (Å²) in [5, 5.41) is 3.38. The molecule has 1 N–H and O–H groups in total. The standard InChI is InChI=1S/C16H25N3O.2ClH/c1-4-18(3)15(14-8-6-5-7-9-14)16(20)19-11-10-17-13(2)12-19;;/h5-9,13,15,17H,4,10-12H2,1-3H3;2*1H. The summed E-state index contributed by atoms with van der Waals surface area (Å²) in [5.41, 5.74) is 1.08. The van der Waals surface area contributed by atoms with Gasteiger partial charge in [0.05, 0.1) is 0 Å². The quantitative estimate of drug-likeness (QED) is 0.907. The molecule has 0 spiro atoms. The van der Waals surface area contributed by atoms with Crippen LogP contribution >= 0.6 is 24.8 Å². The number of hydrogen-bond acceptors (Lipinski definition) is 3. The number of hydrogen-bond donors (Lipinski definition) is 1. The monoisotopic (exact) mass is 347 g/mol. The largest absolute Gasteiger partial charge is 0.338 e. The minimum atomic E-state index is -0.175. The maximum Gasteiger partial charge on any atom is 0.244 e. The van der Waals surface area contributed by atoms with Crippen molar-refractivity contribution in [2.75, 3.05) is 33.2 Å². The molecular weight excluding hydrogens is 321 g/mol. The summed E-state index contributed by atoms with van der Waals surface area (Å²) in [6.07, 6.45) is 0. The molecule has 2 unspecified atom stereocenters. The zero-order valence-corrected chi connectivity index (χ0v) is 15.1. The van der Waals surface area contributed by atoms with E-state index in [1.807, 2.05) is 42.3 Å². The number of piperazine rings is 1. The van der Waals surface area contributed by atoms with E-state index in [1.165, 1.54) is 0 Å². The molecule has 1 aromatic carbocycles. The van der Waals surface area contributed by atoms with Crippen molar-refractivity contribution in [2.24, 2.45) is 0 Å². The second kappa shape index (κ2) is 10.1. The number of benzene rings is 1.